The molecule has 0 saturated carbocycles. The lowest BCUT2D eigenvalue weighted by molar-refractivity contribution is -0.125. The number of hydrogen-bond acceptors (Lipinski definition) is 5. The van der Waals surface area contributed by atoms with Crippen LogP contribution in [0.1, 0.15) is 37.3 Å². The highest BCUT2D eigenvalue weighted by molar-refractivity contribution is 5.82. The largest absolute Gasteiger partial charge is 0.384 e. The maximum atomic E-state index is 12.2. The van der Waals surface area contributed by atoms with Gasteiger partial charge in [-0.3, -0.25) is 9.69 Å². The van der Waals surface area contributed by atoms with Crippen LogP contribution in [0.2, 0.25) is 0 Å². The summed E-state index contributed by atoms with van der Waals surface area (Å²) in [6.07, 6.45) is 0.790. The van der Waals surface area contributed by atoms with E-state index in [1.807, 2.05) is 50.2 Å². The van der Waals surface area contributed by atoms with Gasteiger partial charge < -0.3 is 20.6 Å². The fourth-order valence-corrected chi connectivity index (χ4v) is 3.98. The zero-order valence-corrected chi connectivity index (χ0v) is 19.0. The molecule has 1 saturated heterocycles. The predicted molar refractivity (Wildman–Crippen MR) is 126 cm³/mol. The highest BCUT2D eigenvalue weighted by atomic mass is 16.6. The van der Waals surface area contributed by atoms with E-state index >= 15 is 0 Å². The number of morpholine rings is 1. The predicted octanol–water partition coefficient (Wildman–Crippen LogP) is 2.72. The minimum absolute atomic E-state index is 0.156. The van der Waals surface area contributed by atoms with E-state index in [0.29, 0.717) is 25.5 Å². The maximum absolute atomic E-state index is 12.2. The maximum Gasteiger partial charge on any atom is 0.260 e. The summed E-state index contributed by atoms with van der Waals surface area (Å²) < 4.78 is 5.69. The van der Waals surface area contributed by atoms with Gasteiger partial charge >= 0.3 is 0 Å². The summed E-state index contributed by atoms with van der Waals surface area (Å²) in [4.78, 5) is 19.5. The quantitative estimate of drug-likeness (QED) is 0.338. The molecule has 3 rings (SSSR count). The molecule has 1 aliphatic rings. The van der Waals surface area contributed by atoms with Crippen LogP contribution in [0.5, 0.6) is 0 Å². The molecule has 172 valence electrons. The highest BCUT2D eigenvalue weighted by Crippen LogP contribution is 2.27. The number of carbonyl (C=O) groups excluding carboxylic acids is 1. The Morgan fingerprint density at radius 2 is 1.78 bits per heavy atom. The number of carbonyl (C=O) groups is 1. The van der Waals surface area contributed by atoms with E-state index in [-0.39, 0.29) is 24.0 Å². The number of nitrogens with two attached hydrogens (primary N) is 1. The Kier molecular flexibility index (Phi) is 8.64. The third-order valence-corrected chi connectivity index (χ3v) is 5.43. The smallest absolute Gasteiger partial charge is 0.260 e. The Morgan fingerprint density at radius 3 is 2.38 bits per heavy atom. The summed E-state index contributed by atoms with van der Waals surface area (Å²) in [5.74, 6) is 0.350. The van der Waals surface area contributed by atoms with E-state index in [1.165, 1.54) is 11.1 Å². The zero-order valence-electron chi connectivity index (χ0n) is 19.0. The molecule has 0 aromatic heterocycles. The lowest BCUT2D eigenvalue weighted by Crippen LogP contribution is -2.50. The van der Waals surface area contributed by atoms with Gasteiger partial charge in [0, 0.05) is 25.6 Å². The van der Waals surface area contributed by atoms with E-state index in [4.69, 9.17) is 15.3 Å². The summed E-state index contributed by atoms with van der Waals surface area (Å²) in [5.41, 5.74) is 8.22. The molecule has 0 aliphatic carbocycles. The van der Waals surface area contributed by atoms with Gasteiger partial charge in [-0.1, -0.05) is 65.8 Å². The Bertz CT molecular complexity index is 832. The second kappa shape index (κ2) is 11.6. The van der Waals surface area contributed by atoms with Gasteiger partial charge in [-0.25, -0.2) is 0 Å². The molecule has 0 spiro atoms. The molecule has 32 heavy (non-hydrogen) atoms. The number of nitrogens with one attached hydrogen (secondary N) is 1. The molecule has 0 bridgehead atoms. The van der Waals surface area contributed by atoms with E-state index in [2.05, 4.69) is 39.6 Å². The Hall–Kier alpha value is -2.90. The molecule has 1 fully saturated rings. The fraction of sp³-hybridized carbons (Fsp3) is 0.440. The van der Waals surface area contributed by atoms with Crippen LogP contribution in [-0.2, 0) is 14.4 Å². The average molecular weight is 439 g/mol. The molecule has 0 radical (unpaired) electrons. The zero-order chi connectivity index (χ0) is 22.8. The minimum atomic E-state index is -0.214. The number of hydrogen-bond donors (Lipinski definition) is 2. The fourth-order valence-electron chi connectivity index (χ4n) is 3.98. The second-order valence-corrected chi connectivity index (χ2v) is 8.69. The van der Waals surface area contributed by atoms with E-state index in [1.54, 1.807) is 0 Å². The molecule has 1 heterocycles. The van der Waals surface area contributed by atoms with Gasteiger partial charge in [-0.2, -0.15) is 0 Å². The lowest BCUT2D eigenvalue weighted by Gasteiger charge is -2.37. The third-order valence-electron chi connectivity index (χ3n) is 5.43. The SMILES string of the molecule is CC1(C)CN(CC(N)=NOCC(=O)NCCC(c2ccccc2)c2ccccc2)CCO1. The molecule has 1 aliphatic heterocycles. The van der Waals surface area contributed by atoms with Crippen molar-refractivity contribution in [2.24, 2.45) is 10.9 Å². The molecule has 7 nitrogen and oxygen atoms in total. The number of oxime groups is 1. The third kappa shape index (κ3) is 7.66. The van der Waals surface area contributed by atoms with Crippen molar-refractivity contribution < 1.29 is 14.4 Å². The van der Waals surface area contributed by atoms with Crippen molar-refractivity contribution in [1.82, 2.24) is 10.2 Å². The molecule has 2 aromatic rings. The first kappa shape index (κ1) is 23.8. The van der Waals surface area contributed by atoms with Crippen LogP contribution < -0.4 is 11.1 Å². The summed E-state index contributed by atoms with van der Waals surface area (Å²) in [5, 5.41) is 6.81. The van der Waals surface area contributed by atoms with Gasteiger partial charge in [-0.15, -0.1) is 0 Å². The normalized spacial score (nSPS) is 16.7. The van der Waals surface area contributed by atoms with Crippen LogP contribution in [0.25, 0.3) is 0 Å². The van der Waals surface area contributed by atoms with Gasteiger partial charge in [-0.05, 0) is 31.4 Å². The van der Waals surface area contributed by atoms with Crippen molar-refractivity contribution in [2.75, 3.05) is 39.4 Å². The first-order chi connectivity index (χ1) is 15.4. The summed E-state index contributed by atoms with van der Waals surface area (Å²) in [7, 11) is 0. The van der Waals surface area contributed by atoms with Crippen LogP contribution in [0, 0.1) is 0 Å². The number of amides is 1. The summed E-state index contributed by atoms with van der Waals surface area (Å²) in [6, 6.07) is 20.7. The van der Waals surface area contributed by atoms with Gasteiger partial charge in [0.05, 0.1) is 18.8 Å². The molecular formula is C25H34N4O3. The van der Waals surface area contributed by atoms with Crippen LogP contribution in [0.3, 0.4) is 0 Å². The van der Waals surface area contributed by atoms with E-state index in [0.717, 1.165) is 19.5 Å². The second-order valence-electron chi connectivity index (χ2n) is 8.69. The van der Waals surface area contributed by atoms with Gasteiger partial charge in [0.15, 0.2) is 12.4 Å². The molecule has 2 aromatic carbocycles. The molecule has 1 amide bonds. The van der Waals surface area contributed by atoms with Crippen molar-refractivity contribution in [1.29, 1.82) is 0 Å². The first-order valence-corrected chi connectivity index (χ1v) is 11.1. The molecule has 0 atom stereocenters. The number of amidine groups is 1. The topological polar surface area (TPSA) is 89.2 Å². The monoisotopic (exact) mass is 438 g/mol. The summed E-state index contributed by atoms with van der Waals surface area (Å²) in [6.45, 7) is 7.20. The van der Waals surface area contributed by atoms with Crippen molar-refractivity contribution >= 4 is 11.7 Å². The molecule has 0 unspecified atom stereocenters. The number of nitrogens with zero attached hydrogens (tertiary/aromatic N) is 2. The van der Waals surface area contributed by atoms with Crippen LogP contribution >= 0.6 is 0 Å². The molecular weight excluding hydrogens is 404 g/mol. The Labute approximate surface area is 190 Å². The van der Waals surface area contributed by atoms with Gasteiger partial charge in [0.25, 0.3) is 5.91 Å². The van der Waals surface area contributed by atoms with Crippen molar-refractivity contribution in [3.63, 3.8) is 0 Å². The van der Waals surface area contributed by atoms with Crippen LogP contribution in [0.15, 0.2) is 65.8 Å². The lowest BCUT2D eigenvalue weighted by atomic mass is 9.88. The van der Waals surface area contributed by atoms with E-state index in [9.17, 15) is 4.79 Å². The van der Waals surface area contributed by atoms with E-state index < -0.39 is 0 Å². The minimum Gasteiger partial charge on any atom is -0.384 e. The van der Waals surface area contributed by atoms with Crippen LogP contribution in [0.4, 0.5) is 0 Å². The Morgan fingerprint density at radius 1 is 1.16 bits per heavy atom. The molecule has 3 N–H and O–H groups in total. The summed E-state index contributed by atoms with van der Waals surface area (Å²) >= 11 is 0. The van der Waals surface area contributed by atoms with Crippen molar-refractivity contribution in [3.8, 4) is 0 Å². The van der Waals surface area contributed by atoms with Crippen molar-refractivity contribution in [3.05, 3.63) is 71.8 Å². The van der Waals surface area contributed by atoms with Gasteiger partial charge in [0.1, 0.15) is 0 Å². The first-order valence-electron chi connectivity index (χ1n) is 11.1. The standard InChI is InChI=1S/C25H34N4O3/c1-25(2)19-29(15-16-31-25)17-23(26)28-32-18-24(30)27-14-13-22(20-9-5-3-6-10-20)21-11-7-4-8-12-21/h3-12,22H,13-19H2,1-2H3,(H2,26,28)(H,27,30). The van der Waals surface area contributed by atoms with Crippen molar-refractivity contribution in [2.45, 2.75) is 31.8 Å². The Balaban J connectivity index is 1.42. The number of benzene rings is 2. The number of ether oxygens (including phenoxy) is 1. The highest BCUT2D eigenvalue weighted by Gasteiger charge is 2.27. The number of rotatable bonds is 10. The molecule has 7 heteroatoms. The van der Waals surface area contributed by atoms with Crippen LogP contribution in [-0.4, -0.2) is 61.6 Å². The average Bonchev–Trinajstić information content (AvgIpc) is 2.77. The van der Waals surface area contributed by atoms with Gasteiger partial charge in [0.2, 0.25) is 0 Å².